The molecule has 1 atom stereocenters. The zero-order valence-electron chi connectivity index (χ0n) is 16.1. The normalized spacial score (nSPS) is 17.3. The van der Waals surface area contributed by atoms with E-state index in [1.54, 1.807) is 0 Å². The second-order valence-electron chi connectivity index (χ2n) is 6.79. The van der Waals surface area contributed by atoms with E-state index in [1.165, 1.54) is 41.7 Å². The number of nitro benzene ring substituents is 1. The van der Waals surface area contributed by atoms with Crippen molar-refractivity contribution in [1.29, 1.82) is 0 Å². The maximum Gasteiger partial charge on any atom is 0.271 e. The van der Waals surface area contributed by atoms with Gasteiger partial charge in [-0.3, -0.25) is 14.9 Å². The molecule has 0 radical (unpaired) electrons. The summed E-state index contributed by atoms with van der Waals surface area (Å²) in [5.41, 5.74) is -0.0783. The van der Waals surface area contributed by atoms with Crippen molar-refractivity contribution in [2.45, 2.75) is 17.7 Å². The van der Waals surface area contributed by atoms with E-state index >= 15 is 0 Å². The highest BCUT2D eigenvalue weighted by atomic mass is 32.2. The van der Waals surface area contributed by atoms with Crippen LogP contribution in [0.5, 0.6) is 5.75 Å². The molecule has 0 spiro atoms. The molecule has 2 aromatic rings. The van der Waals surface area contributed by atoms with Crippen LogP contribution in [0.1, 0.15) is 12.8 Å². The van der Waals surface area contributed by atoms with Crippen LogP contribution in [-0.4, -0.2) is 43.8 Å². The smallest absolute Gasteiger partial charge is 0.271 e. The van der Waals surface area contributed by atoms with Crippen molar-refractivity contribution in [3.63, 3.8) is 0 Å². The van der Waals surface area contributed by atoms with Gasteiger partial charge in [0, 0.05) is 25.2 Å². The van der Waals surface area contributed by atoms with E-state index in [-0.39, 0.29) is 35.1 Å². The first-order valence-electron chi connectivity index (χ1n) is 9.11. The van der Waals surface area contributed by atoms with Crippen LogP contribution in [0.2, 0.25) is 0 Å². The van der Waals surface area contributed by atoms with E-state index in [0.29, 0.717) is 12.8 Å². The lowest BCUT2D eigenvalue weighted by Gasteiger charge is -2.31. The van der Waals surface area contributed by atoms with Gasteiger partial charge >= 0.3 is 0 Å². The fraction of sp³-hybridized carbons (Fsp3) is 0.316. The summed E-state index contributed by atoms with van der Waals surface area (Å²) in [6.07, 6.45) is 0.920. The van der Waals surface area contributed by atoms with Gasteiger partial charge in [0.25, 0.3) is 5.69 Å². The summed E-state index contributed by atoms with van der Waals surface area (Å²) >= 11 is 0. The second-order valence-corrected chi connectivity index (χ2v) is 8.73. The van der Waals surface area contributed by atoms with Gasteiger partial charge in [-0.1, -0.05) is 0 Å². The third kappa shape index (κ3) is 4.57. The molecule has 0 saturated carbocycles. The van der Waals surface area contributed by atoms with E-state index < -0.39 is 32.6 Å². The first kappa shape index (κ1) is 21.7. The van der Waals surface area contributed by atoms with Crippen LogP contribution in [0, 0.1) is 21.8 Å². The van der Waals surface area contributed by atoms with E-state index in [1.807, 2.05) is 0 Å². The molecular weight excluding hydrogens is 417 g/mol. The molecule has 1 heterocycles. The van der Waals surface area contributed by atoms with E-state index in [4.69, 9.17) is 4.74 Å². The molecule has 1 saturated heterocycles. The highest BCUT2D eigenvalue weighted by Gasteiger charge is 2.33. The van der Waals surface area contributed by atoms with Gasteiger partial charge in [-0.25, -0.2) is 12.8 Å². The number of benzene rings is 2. The van der Waals surface area contributed by atoms with Crippen LogP contribution in [-0.2, 0) is 14.8 Å². The number of sulfonamides is 1. The zero-order valence-corrected chi connectivity index (χ0v) is 16.9. The number of non-ortho nitro benzene ring substituents is 1. The summed E-state index contributed by atoms with van der Waals surface area (Å²) < 4.78 is 45.1. The van der Waals surface area contributed by atoms with Crippen molar-refractivity contribution in [3.05, 3.63) is 58.4 Å². The van der Waals surface area contributed by atoms with Crippen LogP contribution < -0.4 is 10.1 Å². The number of piperidine rings is 1. The number of carbonyl (C=O) groups is 1. The summed E-state index contributed by atoms with van der Waals surface area (Å²) in [7, 11) is -2.51. The van der Waals surface area contributed by atoms with Gasteiger partial charge in [-0.2, -0.15) is 4.31 Å². The van der Waals surface area contributed by atoms with Gasteiger partial charge in [0.1, 0.15) is 11.6 Å². The minimum atomic E-state index is -3.88. The summed E-state index contributed by atoms with van der Waals surface area (Å²) in [5, 5.41) is 13.6. The molecule has 11 heteroatoms. The summed E-state index contributed by atoms with van der Waals surface area (Å²) in [6, 6.07) is 8.31. The second kappa shape index (κ2) is 8.76. The molecule has 160 valence electrons. The van der Waals surface area contributed by atoms with E-state index in [2.05, 4.69) is 5.32 Å². The van der Waals surface area contributed by atoms with Crippen LogP contribution in [0.15, 0.2) is 47.4 Å². The predicted octanol–water partition coefficient (Wildman–Crippen LogP) is 2.78. The van der Waals surface area contributed by atoms with Crippen LogP contribution >= 0.6 is 0 Å². The first-order valence-corrected chi connectivity index (χ1v) is 10.6. The van der Waals surface area contributed by atoms with Crippen molar-refractivity contribution in [2.75, 3.05) is 25.5 Å². The lowest BCUT2D eigenvalue weighted by molar-refractivity contribution is -0.384. The van der Waals surface area contributed by atoms with Gasteiger partial charge in [0.2, 0.25) is 15.9 Å². The number of hydrogen-bond acceptors (Lipinski definition) is 6. The molecule has 9 nitrogen and oxygen atoms in total. The number of carbonyl (C=O) groups excluding carboxylic acids is 1. The minimum absolute atomic E-state index is 0.0506. The molecule has 1 aliphatic rings. The molecule has 3 rings (SSSR count). The number of hydrogen-bond donors (Lipinski definition) is 1. The molecule has 1 fully saturated rings. The highest BCUT2D eigenvalue weighted by Crippen LogP contribution is 2.31. The van der Waals surface area contributed by atoms with Crippen molar-refractivity contribution in [3.8, 4) is 5.75 Å². The lowest BCUT2D eigenvalue weighted by Crippen LogP contribution is -2.43. The third-order valence-electron chi connectivity index (χ3n) is 4.86. The number of rotatable bonds is 6. The molecule has 0 bridgehead atoms. The SMILES string of the molecule is COc1ccc([N+](=O)[O-])cc1NC(=O)[C@H]1CCCN(S(=O)(=O)c2ccc(F)cc2)C1. The van der Waals surface area contributed by atoms with Crippen LogP contribution in [0.25, 0.3) is 0 Å². The number of nitrogens with one attached hydrogen (secondary N) is 1. The molecule has 1 amide bonds. The van der Waals surface area contributed by atoms with E-state index in [0.717, 1.165) is 12.1 Å². The maximum atomic E-state index is 13.1. The number of nitro groups is 1. The van der Waals surface area contributed by atoms with Gasteiger partial charge in [0.15, 0.2) is 0 Å². The molecule has 0 unspecified atom stereocenters. The molecule has 0 aromatic heterocycles. The van der Waals surface area contributed by atoms with Crippen LogP contribution in [0.3, 0.4) is 0 Å². The Kier molecular flexibility index (Phi) is 6.32. The number of nitrogens with zero attached hydrogens (tertiary/aromatic N) is 2. The van der Waals surface area contributed by atoms with Gasteiger partial charge in [0.05, 0.1) is 28.5 Å². The summed E-state index contributed by atoms with van der Waals surface area (Å²) in [6.45, 7) is 0.187. The number of amides is 1. The molecule has 0 aliphatic carbocycles. The zero-order chi connectivity index (χ0) is 21.9. The highest BCUT2D eigenvalue weighted by molar-refractivity contribution is 7.89. The molecule has 30 heavy (non-hydrogen) atoms. The topological polar surface area (TPSA) is 119 Å². The standard InChI is InChI=1S/C19H20FN3O6S/c1-29-18-9-6-15(23(25)26)11-17(18)21-19(24)13-3-2-10-22(12-13)30(27,28)16-7-4-14(20)5-8-16/h4-9,11,13H,2-3,10,12H2,1H3,(H,21,24)/t13-/m0/s1. The van der Waals surface area contributed by atoms with Gasteiger partial charge < -0.3 is 10.1 Å². The summed E-state index contributed by atoms with van der Waals surface area (Å²) in [5.74, 6) is -1.41. The molecule has 2 aromatic carbocycles. The summed E-state index contributed by atoms with van der Waals surface area (Å²) in [4.78, 5) is 23.1. The number of methoxy groups -OCH3 is 1. The number of halogens is 1. The van der Waals surface area contributed by atoms with E-state index in [9.17, 15) is 27.7 Å². The number of ether oxygens (including phenoxy) is 1. The fourth-order valence-electron chi connectivity index (χ4n) is 3.27. The fourth-order valence-corrected chi connectivity index (χ4v) is 4.80. The third-order valence-corrected chi connectivity index (χ3v) is 6.74. The van der Waals surface area contributed by atoms with Crippen molar-refractivity contribution in [1.82, 2.24) is 4.31 Å². The van der Waals surface area contributed by atoms with Gasteiger partial charge in [-0.15, -0.1) is 0 Å². The average molecular weight is 437 g/mol. The average Bonchev–Trinajstić information content (AvgIpc) is 2.74. The number of anilines is 1. The predicted molar refractivity (Wildman–Crippen MR) is 106 cm³/mol. The van der Waals surface area contributed by atoms with Gasteiger partial charge in [-0.05, 0) is 43.2 Å². The molecule has 1 aliphatic heterocycles. The van der Waals surface area contributed by atoms with Crippen molar-refractivity contribution in [2.24, 2.45) is 5.92 Å². The Balaban J connectivity index is 1.77. The maximum absolute atomic E-state index is 13.1. The minimum Gasteiger partial charge on any atom is -0.495 e. The Morgan fingerprint density at radius 2 is 1.97 bits per heavy atom. The Labute approximate surface area is 172 Å². The monoisotopic (exact) mass is 437 g/mol. The quantitative estimate of drug-likeness (QED) is 0.548. The largest absolute Gasteiger partial charge is 0.495 e. The lowest BCUT2D eigenvalue weighted by atomic mass is 9.98. The Bertz CT molecular complexity index is 1060. The Morgan fingerprint density at radius 3 is 2.60 bits per heavy atom. The Hall–Kier alpha value is -3.05. The Morgan fingerprint density at radius 1 is 1.27 bits per heavy atom. The van der Waals surface area contributed by atoms with Crippen molar-refractivity contribution < 1.29 is 27.3 Å². The molecule has 1 N–H and O–H groups in total. The molecular formula is C19H20FN3O6S. The van der Waals surface area contributed by atoms with Crippen LogP contribution in [0.4, 0.5) is 15.8 Å². The van der Waals surface area contributed by atoms with Crippen molar-refractivity contribution >= 4 is 27.3 Å². The first-order chi connectivity index (χ1) is 14.2.